The van der Waals surface area contributed by atoms with Gasteiger partial charge in [0.05, 0.1) is 0 Å². The molecule has 35 heavy (non-hydrogen) atoms. The van der Waals surface area contributed by atoms with Gasteiger partial charge in [0.15, 0.2) is 0 Å². The van der Waals surface area contributed by atoms with Crippen LogP contribution in [0.4, 0.5) is 11.4 Å². The van der Waals surface area contributed by atoms with Crippen LogP contribution >= 0.6 is 0 Å². The van der Waals surface area contributed by atoms with Gasteiger partial charge in [-0.15, -0.1) is 17.7 Å². The molecule has 0 N–H and O–H groups in total. The summed E-state index contributed by atoms with van der Waals surface area (Å²) < 4.78 is 0. The SMILES string of the molecule is CC(C)c1cccc(C(C)C)c1[N-]C([N-]c1c(C(C)C)cccc1C(C)C)N(C(C)C)C(C)C.[HH].[In]. The minimum atomic E-state index is -0.283. The molecule has 4 heteroatoms. The maximum absolute atomic E-state index is 5.50. The Morgan fingerprint density at radius 3 is 0.971 bits per heavy atom. The van der Waals surface area contributed by atoms with Crippen molar-refractivity contribution in [2.75, 3.05) is 0 Å². The number of hydrogen-bond donors (Lipinski definition) is 0. The predicted molar refractivity (Wildman–Crippen MR) is 159 cm³/mol. The van der Waals surface area contributed by atoms with Gasteiger partial charge in [-0.1, -0.05) is 114 Å². The molecule has 0 aliphatic heterocycles. The molecule has 0 aliphatic rings. The smallest absolute Gasteiger partial charge is 0.00114 e. The maximum atomic E-state index is 5.50. The Morgan fingerprint density at radius 2 is 0.771 bits per heavy atom. The van der Waals surface area contributed by atoms with Gasteiger partial charge < -0.3 is 15.5 Å². The van der Waals surface area contributed by atoms with Crippen LogP contribution in [0.1, 0.15) is 130 Å². The average molecular weight is 581 g/mol. The Balaban J connectivity index is 0.00000612. The third-order valence-corrected chi connectivity index (χ3v) is 6.63. The van der Waals surface area contributed by atoms with Gasteiger partial charge in [-0.05, 0) is 51.4 Å². The van der Waals surface area contributed by atoms with Gasteiger partial charge >= 0.3 is 0 Å². The molecule has 0 saturated carbocycles. The van der Waals surface area contributed by atoms with Gasteiger partial charge in [-0.25, -0.2) is 0 Å². The van der Waals surface area contributed by atoms with Crippen LogP contribution < -0.4 is 0 Å². The number of rotatable bonds is 11. The van der Waals surface area contributed by atoms with Gasteiger partial charge in [0.2, 0.25) is 0 Å². The minimum Gasteiger partial charge on any atom is -0.684 e. The standard InChI is InChI=1S/C31H49N3.In.H2/c1-19(2)25-15-13-16-26(20(3)4)29(25)32-31(34(23(9)10)24(11)12)33-30-27(21(5)6)17-14-18-28(30)22(7)8;;/h13-24,31H,1-12H3;;1H/q-2;;. The van der Waals surface area contributed by atoms with Gasteiger partial charge in [0.1, 0.15) is 0 Å². The number of hydrogen-bond acceptors (Lipinski definition) is 1. The molecule has 2 aromatic rings. The molecular formula is C31H51InN3-2. The van der Waals surface area contributed by atoms with Crippen molar-refractivity contribution in [2.24, 2.45) is 0 Å². The first-order chi connectivity index (χ1) is 15.9. The van der Waals surface area contributed by atoms with E-state index in [1.54, 1.807) is 0 Å². The zero-order chi connectivity index (χ0) is 25.7. The summed E-state index contributed by atoms with van der Waals surface area (Å²) in [6, 6.07) is 14.0. The van der Waals surface area contributed by atoms with Crippen LogP contribution in [-0.4, -0.2) is 49.1 Å². The molecule has 195 valence electrons. The van der Waals surface area contributed by atoms with E-state index in [4.69, 9.17) is 10.6 Å². The normalized spacial score (nSPS) is 12.1. The van der Waals surface area contributed by atoms with Crippen LogP contribution in [-0.2, 0) is 0 Å². The van der Waals surface area contributed by atoms with E-state index in [-0.39, 0.29) is 33.6 Å². The van der Waals surface area contributed by atoms with Crippen LogP contribution in [0, 0.1) is 0 Å². The second kappa shape index (κ2) is 14.0. The van der Waals surface area contributed by atoms with Crippen molar-refractivity contribution < 1.29 is 1.43 Å². The first kappa shape index (κ1) is 31.9. The number of nitrogens with zero attached hydrogens (tertiary/aromatic N) is 3. The summed E-state index contributed by atoms with van der Waals surface area (Å²) in [7, 11) is 0. The molecule has 0 saturated heterocycles. The minimum absolute atomic E-state index is 0. The van der Waals surface area contributed by atoms with Crippen molar-refractivity contribution in [3.63, 3.8) is 0 Å². The number of para-hydroxylation sites is 2. The van der Waals surface area contributed by atoms with Crippen molar-refractivity contribution in [3.8, 4) is 0 Å². The zero-order valence-corrected chi connectivity index (χ0v) is 27.7. The van der Waals surface area contributed by atoms with E-state index in [1.807, 2.05) is 0 Å². The summed E-state index contributed by atoms with van der Waals surface area (Å²) in [4.78, 5) is 2.45. The van der Waals surface area contributed by atoms with Crippen LogP contribution in [0.2, 0.25) is 0 Å². The van der Waals surface area contributed by atoms with Crippen molar-refractivity contribution in [3.05, 3.63) is 69.3 Å². The van der Waals surface area contributed by atoms with Crippen LogP contribution in [0.3, 0.4) is 0 Å². The van der Waals surface area contributed by atoms with Crippen molar-refractivity contribution in [2.45, 2.75) is 125 Å². The quantitative estimate of drug-likeness (QED) is 0.260. The zero-order valence-electron chi connectivity index (χ0n) is 24.4. The van der Waals surface area contributed by atoms with Crippen LogP contribution in [0.5, 0.6) is 0 Å². The molecule has 0 heterocycles. The monoisotopic (exact) mass is 580 g/mol. The van der Waals surface area contributed by atoms with E-state index in [0.29, 0.717) is 35.8 Å². The summed E-state index contributed by atoms with van der Waals surface area (Å²) in [5, 5.41) is 11.0. The molecule has 0 aliphatic carbocycles. The molecule has 0 spiro atoms. The molecule has 0 bridgehead atoms. The second-order valence-electron chi connectivity index (χ2n) is 11.4. The molecule has 2 aromatic carbocycles. The van der Waals surface area contributed by atoms with Crippen molar-refractivity contribution in [1.82, 2.24) is 4.90 Å². The summed E-state index contributed by atoms with van der Waals surface area (Å²) in [6.07, 6.45) is -0.283. The summed E-state index contributed by atoms with van der Waals surface area (Å²) in [6.45, 7) is 27.1. The second-order valence-corrected chi connectivity index (χ2v) is 11.4. The van der Waals surface area contributed by atoms with Gasteiger partial charge in [0, 0.05) is 39.4 Å². The van der Waals surface area contributed by atoms with Crippen LogP contribution in [0.15, 0.2) is 36.4 Å². The summed E-state index contributed by atoms with van der Waals surface area (Å²) in [5.74, 6) is 1.61. The van der Waals surface area contributed by atoms with Crippen LogP contribution in [0.25, 0.3) is 10.6 Å². The van der Waals surface area contributed by atoms with E-state index in [2.05, 4.69) is 124 Å². The van der Waals surface area contributed by atoms with Crippen molar-refractivity contribution >= 4 is 37.2 Å². The molecule has 0 unspecified atom stereocenters. The molecule has 0 amide bonds. The first-order valence-corrected chi connectivity index (χ1v) is 13.3. The fourth-order valence-corrected chi connectivity index (χ4v) is 4.84. The molecule has 2 rings (SSSR count). The Labute approximate surface area is 237 Å². The van der Waals surface area contributed by atoms with E-state index in [9.17, 15) is 0 Å². The fourth-order valence-electron chi connectivity index (χ4n) is 4.84. The van der Waals surface area contributed by atoms with E-state index in [1.165, 1.54) is 22.3 Å². The third-order valence-electron chi connectivity index (χ3n) is 6.63. The molecule has 0 aromatic heterocycles. The molecule has 3 nitrogen and oxygen atoms in total. The summed E-state index contributed by atoms with van der Waals surface area (Å²) >= 11 is 0. The Bertz CT molecular complexity index is 796. The molecular weight excluding hydrogens is 529 g/mol. The Kier molecular flexibility index (Phi) is 12.7. The van der Waals surface area contributed by atoms with E-state index in [0.717, 1.165) is 11.4 Å². The van der Waals surface area contributed by atoms with Gasteiger partial charge in [0.25, 0.3) is 0 Å². The Hall–Kier alpha value is -1.13. The van der Waals surface area contributed by atoms with Gasteiger partial charge in [-0.3, -0.25) is 0 Å². The van der Waals surface area contributed by atoms with Gasteiger partial charge in [-0.2, -0.15) is 0 Å². The van der Waals surface area contributed by atoms with Crippen molar-refractivity contribution in [1.29, 1.82) is 0 Å². The topological polar surface area (TPSA) is 31.4 Å². The van der Waals surface area contributed by atoms with E-state index < -0.39 is 0 Å². The summed E-state index contributed by atoms with van der Waals surface area (Å²) in [5.41, 5.74) is 7.47. The fraction of sp³-hybridized carbons (Fsp3) is 0.613. The predicted octanol–water partition coefficient (Wildman–Crippen LogP) is 10.2. The third kappa shape index (κ3) is 7.92. The maximum Gasteiger partial charge on any atom is 0.00114 e. The molecule has 0 atom stereocenters. The number of benzene rings is 2. The largest absolute Gasteiger partial charge is 0.684 e. The molecule has 0 fully saturated rings. The first-order valence-electron chi connectivity index (χ1n) is 13.3. The molecule has 3 radical (unpaired) electrons. The Morgan fingerprint density at radius 1 is 0.514 bits per heavy atom. The average Bonchev–Trinajstić information content (AvgIpc) is 2.72. The van der Waals surface area contributed by atoms with E-state index >= 15 is 0 Å².